The van der Waals surface area contributed by atoms with Crippen LogP contribution in [-0.2, 0) is 9.59 Å². The summed E-state index contributed by atoms with van der Waals surface area (Å²) in [7, 11) is 0. The zero-order valence-corrected chi connectivity index (χ0v) is 9.14. The molecule has 0 N–H and O–H groups in total. The van der Waals surface area contributed by atoms with Gasteiger partial charge in [-0.1, -0.05) is 0 Å². The molecular weight excluding hydrogens is 169 g/mol. The number of carbonyl (C=O) groups is 2. The second kappa shape index (κ2) is 5.09. The third-order valence-electron chi connectivity index (χ3n) is 0.287. The molecule has 0 fully saturated rings. The van der Waals surface area contributed by atoms with E-state index in [0.717, 1.165) is 6.92 Å². The van der Waals surface area contributed by atoms with Crippen LogP contribution >= 0.6 is 0 Å². The molecule has 0 aromatic rings. The number of rotatable bonds is 1. The van der Waals surface area contributed by atoms with Gasteiger partial charge < -0.3 is 9.90 Å². The van der Waals surface area contributed by atoms with Crippen molar-refractivity contribution in [1.82, 2.24) is 0 Å². The average Bonchev–Trinajstić information content (AvgIpc) is 1.36. The van der Waals surface area contributed by atoms with Crippen molar-refractivity contribution in [3.05, 3.63) is 0 Å². The van der Waals surface area contributed by atoms with Gasteiger partial charge in [0.1, 0.15) is 5.97 Å². The Morgan fingerprint density at radius 3 is 1.57 bits per heavy atom. The molecule has 0 amide bonds. The van der Waals surface area contributed by atoms with Crippen LogP contribution in [0, 0.1) is 0 Å². The number of hydrogen-bond donors (Lipinski definition) is 0. The summed E-state index contributed by atoms with van der Waals surface area (Å²) in [6.45, 7) is 0.940. The van der Waals surface area contributed by atoms with E-state index in [1.807, 2.05) is 0 Å². The first-order valence-electron chi connectivity index (χ1n) is 1.36. The Morgan fingerprint density at radius 2 is 1.57 bits per heavy atom. The fourth-order valence-electron chi connectivity index (χ4n) is 0. The predicted molar refractivity (Wildman–Crippen MR) is 15.7 cm³/mol. The summed E-state index contributed by atoms with van der Waals surface area (Å²) in [5, 5.41) is 9.24. The molecule has 0 heterocycles. The van der Waals surface area contributed by atoms with Gasteiger partial charge in [-0.05, 0) is 0 Å². The molecular formula is C3H3O3Rb. The number of aliphatic carboxylic acids is 1. The van der Waals surface area contributed by atoms with Crippen LogP contribution in [-0.4, -0.2) is 11.8 Å². The molecule has 0 aromatic heterocycles. The maximum Gasteiger partial charge on any atom is 1.00 e. The molecule has 0 unspecified atom stereocenters. The Labute approximate surface area is 89.9 Å². The number of ketones is 1. The third-order valence-corrected chi connectivity index (χ3v) is 0.287. The first-order chi connectivity index (χ1) is 2.64. The van der Waals surface area contributed by atoms with E-state index < -0.39 is 11.8 Å². The molecule has 34 valence electrons. The standard InChI is InChI=1S/C3H4O3.Rb/c1-2(4)3(5)6;/h1H3,(H,5,6);/q;+1/p-1. The fraction of sp³-hybridized carbons (Fsp3) is 0.333. The van der Waals surface area contributed by atoms with Crippen LogP contribution in [0.2, 0.25) is 0 Å². The Hall–Kier alpha value is 0.945. The molecule has 4 heteroatoms. The second-order valence-electron chi connectivity index (χ2n) is 0.844. The first kappa shape index (κ1) is 10.8. The SMILES string of the molecule is CC(=O)C(=O)[O-].[Rb+]. The zero-order valence-electron chi connectivity index (χ0n) is 4.22. The number of hydrogen-bond acceptors (Lipinski definition) is 3. The summed E-state index contributed by atoms with van der Waals surface area (Å²) in [6.07, 6.45) is 0. The van der Waals surface area contributed by atoms with Crippen molar-refractivity contribution in [1.29, 1.82) is 0 Å². The van der Waals surface area contributed by atoms with E-state index >= 15 is 0 Å². The van der Waals surface area contributed by atoms with Crippen molar-refractivity contribution >= 4 is 11.8 Å². The topological polar surface area (TPSA) is 57.2 Å². The van der Waals surface area contributed by atoms with Crippen LogP contribution in [0.4, 0.5) is 0 Å². The summed E-state index contributed by atoms with van der Waals surface area (Å²) in [6, 6.07) is 0. The van der Waals surface area contributed by atoms with Crippen LogP contribution < -0.4 is 63.3 Å². The molecule has 0 atom stereocenters. The number of Topliss-reactive ketones (excluding diaryl/α,β-unsaturated/α-hetero) is 1. The third kappa shape index (κ3) is 6.95. The Morgan fingerprint density at radius 1 is 1.43 bits per heavy atom. The summed E-state index contributed by atoms with van der Waals surface area (Å²) in [4.78, 5) is 18.7. The van der Waals surface area contributed by atoms with E-state index in [-0.39, 0.29) is 58.2 Å². The van der Waals surface area contributed by atoms with Gasteiger partial charge >= 0.3 is 58.2 Å². The summed E-state index contributed by atoms with van der Waals surface area (Å²) in [5.41, 5.74) is 0. The largest absolute Gasteiger partial charge is 1.00 e. The molecule has 0 aliphatic rings. The van der Waals surface area contributed by atoms with Gasteiger partial charge in [0, 0.05) is 6.92 Å². The van der Waals surface area contributed by atoms with Gasteiger partial charge in [-0.15, -0.1) is 0 Å². The van der Waals surface area contributed by atoms with Crippen molar-refractivity contribution in [3.63, 3.8) is 0 Å². The quantitative estimate of drug-likeness (QED) is 0.374. The normalized spacial score (nSPS) is 6.43. The van der Waals surface area contributed by atoms with Crippen molar-refractivity contribution in [2.45, 2.75) is 6.92 Å². The molecule has 0 aliphatic heterocycles. The van der Waals surface area contributed by atoms with Crippen molar-refractivity contribution in [2.24, 2.45) is 0 Å². The molecule has 0 radical (unpaired) electrons. The van der Waals surface area contributed by atoms with Gasteiger partial charge in [-0.3, -0.25) is 4.79 Å². The minimum absolute atomic E-state index is 0. The van der Waals surface area contributed by atoms with E-state index in [2.05, 4.69) is 0 Å². The maximum absolute atomic E-state index is 9.48. The molecule has 0 aromatic carbocycles. The van der Waals surface area contributed by atoms with Gasteiger partial charge in [0.05, 0.1) is 0 Å². The van der Waals surface area contributed by atoms with Crippen LogP contribution in [0.15, 0.2) is 0 Å². The van der Waals surface area contributed by atoms with Crippen LogP contribution in [0.25, 0.3) is 0 Å². The van der Waals surface area contributed by atoms with Gasteiger partial charge in [0.15, 0.2) is 5.78 Å². The number of carbonyl (C=O) groups excluding carboxylic acids is 2. The van der Waals surface area contributed by atoms with Crippen molar-refractivity contribution in [2.75, 3.05) is 0 Å². The first-order valence-corrected chi connectivity index (χ1v) is 1.36. The number of carboxylic acids is 1. The number of carboxylic acid groups (broad SMARTS) is 1. The smallest absolute Gasteiger partial charge is 0.542 e. The van der Waals surface area contributed by atoms with Crippen molar-refractivity contribution in [3.8, 4) is 0 Å². The van der Waals surface area contributed by atoms with Gasteiger partial charge in [0.2, 0.25) is 0 Å². The minimum Gasteiger partial charge on any atom is -0.542 e. The Bertz CT molecular complexity index is 76.2. The molecule has 0 saturated carbocycles. The van der Waals surface area contributed by atoms with E-state index in [1.165, 1.54) is 0 Å². The molecule has 7 heavy (non-hydrogen) atoms. The maximum atomic E-state index is 9.48. The van der Waals surface area contributed by atoms with Crippen molar-refractivity contribution < 1.29 is 72.9 Å². The molecule has 0 saturated heterocycles. The Balaban J connectivity index is 0. The van der Waals surface area contributed by atoms with E-state index in [4.69, 9.17) is 0 Å². The second-order valence-corrected chi connectivity index (χ2v) is 0.844. The van der Waals surface area contributed by atoms with E-state index in [9.17, 15) is 14.7 Å². The monoisotopic (exact) mass is 172 g/mol. The molecule has 0 spiro atoms. The average molecular weight is 173 g/mol. The minimum atomic E-state index is -1.63. The van der Waals surface area contributed by atoms with Crippen LogP contribution in [0.3, 0.4) is 0 Å². The Kier molecular flexibility index (Phi) is 7.88. The molecule has 3 nitrogen and oxygen atoms in total. The van der Waals surface area contributed by atoms with Gasteiger partial charge in [0.25, 0.3) is 0 Å². The zero-order chi connectivity index (χ0) is 5.15. The van der Waals surface area contributed by atoms with Gasteiger partial charge in [-0.2, -0.15) is 0 Å². The molecule has 0 bridgehead atoms. The summed E-state index contributed by atoms with van der Waals surface area (Å²) < 4.78 is 0. The van der Waals surface area contributed by atoms with Crippen LogP contribution in [0.1, 0.15) is 6.92 Å². The summed E-state index contributed by atoms with van der Waals surface area (Å²) in [5.74, 6) is -2.56. The van der Waals surface area contributed by atoms with E-state index in [1.54, 1.807) is 0 Å². The fourth-order valence-corrected chi connectivity index (χ4v) is 0. The molecule has 0 aliphatic carbocycles. The summed E-state index contributed by atoms with van der Waals surface area (Å²) >= 11 is 0. The van der Waals surface area contributed by atoms with Crippen LogP contribution in [0.5, 0.6) is 0 Å². The molecule has 0 rings (SSSR count). The van der Waals surface area contributed by atoms with Gasteiger partial charge in [-0.25, -0.2) is 0 Å². The predicted octanol–water partition coefficient (Wildman–Crippen LogP) is -4.67. The van der Waals surface area contributed by atoms with E-state index in [0.29, 0.717) is 0 Å².